The maximum atomic E-state index is 12.3. The lowest BCUT2D eigenvalue weighted by Crippen LogP contribution is -2.17. The van der Waals surface area contributed by atoms with Crippen LogP contribution in [0.4, 0.5) is 0 Å². The van der Waals surface area contributed by atoms with Crippen molar-refractivity contribution in [1.29, 1.82) is 0 Å². The Hall–Kier alpha value is -2.47. The lowest BCUT2D eigenvalue weighted by atomic mass is 9.96. The van der Waals surface area contributed by atoms with Crippen LogP contribution in [-0.2, 0) is 6.42 Å². The molecule has 0 radical (unpaired) electrons. The van der Waals surface area contributed by atoms with Gasteiger partial charge >= 0.3 is 0 Å². The largest absolute Gasteiger partial charge is 0.366 e. The molecule has 0 fully saturated rings. The van der Waals surface area contributed by atoms with Crippen LogP contribution in [0.1, 0.15) is 52.9 Å². The van der Waals surface area contributed by atoms with Crippen LogP contribution in [0.5, 0.6) is 0 Å². The van der Waals surface area contributed by atoms with E-state index in [0.717, 1.165) is 21.5 Å². The summed E-state index contributed by atoms with van der Waals surface area (Å²) in [5, 5.41) is 0.846. The minimum absolute atomic E-state index is 0.0960. The van der Waals surface area contributed by atoms with Gasteiger partial charge in [-0.1, -0.05) is 20.8 Å². The number of aromatic nitrogens is 2. The second-order valence-corrected chi connectivity index (χ2v) is 7.54. The molecule has 0 bridgehead atoms. The number of thiophene rings is 1. The summed E-state index contributed by atoms with van der Waals surface area (Å²) in [6.45, 7) is 6.00. The Bertz CT molecular complexity index is 953. The molecule has 6 heteroatoms. The highest BCUT2D eigenvalue weighted by molar-refractivity contribution is 7.17. The van der Waals surface area contributed by atoms with E-state index in [2.05, 4.69) is 23.8 Å². The fourth-order valence-electron chi connectivity index (χ4n) is 2.98. The lowest BCUT2D eigenvalue weighted by Gasteiger charge is -2.14. The minimum atomic E-state index is -0.488. The van der Waals surface area contributed by atoms with Crippen LogP contribution < -0.4 is 5.73 Å². The fourth-order valence-corrected chi connectivity index (χ4v) is 4.06. The Morgan fingerprint density at radius 2 is 2.04 bits per heavy atom. The number of hydrogen-bond acceptors (Lipinski definition) is 4. The number of pyridine rings is 1. The highest BCUT2D eigenvalue weighted by Crippen LogP contribution is 2.37. The van der Waals surface area contributed by atoms with Crippen molar-refractivity contribution in [1.82, 2.24) is 9.97 Å². The first kappa shape index (κ1) is 17.4. The summed E-state index contributed by atoms with van der Waals surface area (Å²) in [5.41, 5.74) is 8.39. The molecule has 3 aromatic heterocycles. The van der Waals surface area contributed by atoms with Gasteiger partial charge in [-0.25, -0.2) is 4.98 Å². The van der Waals surface area contributed by atoms with Crippen molar-refractivity contribution in [3.05, 3.63) is 40.5 Å². The number of hydrogen-bond donors (Lipinski definition) is 2. The molecule has 0 atom stereocenters. The average molecular weight is 355 g/mol. The molecule has 0 saturated carbocycles. The van der Waals surface area contributed by atoms with Gasteiger partial charge < -0.3 is 10.7 Å². The highest BCUT2D eigenvalue weighted by Gasteiger charge is 2.23. The van der Waals surface area contributed by atoms with E-state index in [-0.39, 0.29) is 5.78 Å². The number of ketones is 1. The first-order valence-corrected chi connectivity index (χ1v) is 9.17. The summed E-state index contributed by atoms with van der Waals surface area (Å²) in [6.07, 6.45) is 2.92. The van der Waals surface area contributed by atoms with E-state index in [4.69, 9.17) is 5.73 Å². The number of nitrogens with two attached hydrogens (primary N) is 1. The maximum absolute atomic E-state index is 12.3. The van der Waals surface area contributed by atoms with Gasteiger partial charge in [0.05, 0.1) is 16.1 Å². The van der Waals surface area contributed by atoms with Crippen molar-refractivity contribution in [3.63, 3.8) is 0 Å². The lowest BCUT2D eigenvalue weighted by molar-refractivity contribution is 0.0987. The van der Waals surface area contributed by atoms with Crippen LogP contribution >= 0.6 is 11.3 Å². The molecule has 130 valence electrons. The third-order valence-electron chi connectivity index (χ3n) is 4.08. The smallest absolute Gasteiger partial charge is 0.251 e. The Morgan fingerprint density at radius 1 is 1.28 bits per heavy atom. The first-order valence-electron chi connectivity index (χ1n) is 8.35. The van der Waals surface area contributed by atoms with E-state index < -0.39 is 5.91 Å². The monoisotopic (exact) mass is 355 g/mol. The zero-order valence-electron chi connectivity index (χ0n) is 14.6. The van der Waals surface area contributed by atoms with Crippen molar-refractivity contribution in [2.45, 2.75) is 33.6 Å². The average Bonchev–Trinajstić information content (AvgIpc) is 3.20. The van der Waals surface area contributed by atoms with Crippen LogP contribution in [0, 0.1) is 5.92 Å². The summed E-state index contributed by atoms with van der Waals surface area (Å²) in [6, 6.07) is 5.60. The van der Waals surface area contributed by atoms with Crippen molar-refractivity contribution < 1.29 is 9.59 Å². The van der Waals surface area contributed by atoms with Gasteiger partial charge in [-0.15, -0.1) is 11.3 Å². The summed E-state index contributed by atoms with van der Waals surface area (Å²) in [5.74, 6) is -0.0527. The number of aromatic amines is 1. The second-order valence-electron chi connectivity index (χ2n) is 6.45. The van der Waals surface area contributed by atoms with Crippen molar-refractivity contribution >= 4 is 34.1 Å². The standard InChI is InChI=1S/C19H21N3O2S/c1-4-13(23)14-5-6-15(25-14)16-11-7-8-21-19(11)22-12(9-10(2)3)17(16)18(20)24/h5-8,10H,4,9H2,1-3H3,(H2,20,24)(H,21,22). The van der Waals surface area contributed by atoms with E-state index in [1.165, 1.54) is 11.3 Å². The molecule has 0 aliphatic rings. The molecule has 0 aromatic carbocycles. The van der Waals surface area contributed by atoms with Gasteiger partial charge in [0, 0.05) is 28.4 Å². The normalized spacial score (nSPS) is 11.4. The molecule has 25 heavy (non-hydrogen) atoms. The number of nitrogens with one attached hydrogen (secondary N) is 1. The molecular formula is C19H21N3O2S. The summed E-state index contributed by atoms with van der Waals surface area (Å²) < 4.78 is 0. The quantitative estimate of drug-likeness (QED) is 0.650. The van der Waals surface area contributed by atoms with Crippen LogP contribution in [0.25, 0.3) is 21.5 Å². The van der Waals surface area contributed by atoms with E-state index in [1.54, 1.807) is 6.20 Å². The zero-order valence-corrected chi connectivity index (χ0v) is 15.4. The van der Waals surface area contributed by atoms with Gasteiger partial charge in [-0.05, 0) is 30.5 Å². The number of H-pyrrole nitrogens is 1. The topological polar surface area (TPSA) is 88.8 Å². The van der Waals surface area contributed by atoms with E-state index in [9.17, 15) is 9.59 Å². The van der Waals surface area contributed by atoms with E-state index >= 15 is 0 Å². The fraction of sp³-hybridized carbons (Fsp3) is 0.316. The number of nitrogens with zero attached hydrogens (tertiary/aromatic N) is 1. The van der Waals surface area contributed by atoms with Crippen LogP contribution in [0.3, 0.4) is 0 Å². The third kappa shape index (κ3) is 3.22. The van der Waals surface area contributed by atoms with E-state index in [1.807, 2.05) is 25.1 Å². The van der Waals surface area contributed by atoms with Crippen LogP contribution in [0.2, 0.25) is 0 Å². The minimum Gasteiger partial charge on any atom is -0.366 e. The molecule has 0 saturated heterocycles. The number of carbonyl (C=O) groups is 2. The predicted molar refractivity (Wildman–Crippen MR) is 101 cm³/mol. The molecule has 0 spiro atoms. The van der Waals surface area contributed by atoms with Gasteiger partial charge in [-0.2, -0.15) is 0 Å². The molecule has 3 N–H and O–H groups in total. The van der Waals surface area contributed by atoms with Crippen LogP contribution in [-0.4, -0.2) is 21.7 Å². The number of Topliss-reactive ketones (excluding diaryl/α,β-unsaturated/α-hetero) is 1. The Morgan fingerprint density at radius 3 is 2.68 bits per heavy atom. The second kappa shape index (κ2) is 6.80. The number of fused-ring (bicyclic) bond motifs is 1. The van der Waals surface area contributed by atoms with Gasteiger partial charge in [0.1, 0.15) is 5.65 Å². The van der Waals surface area contributed by atoms with Crippen molar-refractivity contribution in [2.24, 2.45) is 11.7 Å². The number of carbonyl (C=O) groups excluding carboxylic acids is 2. The van der Waals surface area contributed by atoms with Crippen molar-refractivity contribution in [3.8, 4) is 10.4 Å². The maximum Gasteiger partial charge on any atom is 0.251 e. The molecule has 5 nitrogen and oxygen atoms in total. The molecule has 3 aromatic rings. The van der Waals surface area contributed by atoms with Gasteiger partial charge in [0.25, 0.3) is 5.91 Å². The molecule has 0 aliphatic carbocycles. The SMILES string of the molecule is CCC(=O)c1ccc(-c2c(C(N)=O)c(CC(C)C)nc3[nH]ccc23)s1. The summed E-state index contributed by atoms with van der Waals surface area (Å²) >= 11 is 1.40. The van der Waals surface area contributed by atoms with Gasteiger partial charge in [0.15, 0.2) is 5.78 Å². The highest BCUT2D eigenvalue weighted by atomic mass is 32.1. The summed E-state index contributed by atoms with van der Waals surface area (Å²) in [7, 11) is 0. The number of primary amides is 1. The number of rotatable bonds is 6. The molecule has 0 unspecified atom stereocenters. The van der Waals surface area contributed by atoms with Gasteiger partial charge in [0.2, 0.25) is 0 Å². The van der Waals surface area contributed by atoms with Crippen molar-refractivity contribution in [2.75, 3.05) is 0 Å². The zero-order chi connectivity index (χ0) is 18.1. The third-order valence-corrected chi connectivity index (χ3v) is 5.22. The Labute approximate surface area is 150 Å². The first-order chi connectivity index (χ1) is 11.9. The van der Waals surface area contributed by atoms with Gasteiger partial charge in [-0.3, -0.25) is 9.59 Å². The molecule has 0 aliphatic heterocycles. The molecule has 1 amide bonds. The number of amides is 1. The van der Waals surface area contributed by atoms with Crippen LogP contribution in [0.15, 0.2) is 24.4 Å². The molecule has 3 heterocycles. The molecule has 3 rings (SSSR count). The Kier molecular flexibility index (Phi) is 4.72. The summed E-state index contributed by atoms with van der Waals surface area (Å²) in [4.78, 5) is 33.6. The predicted octanol–water partition coefficient (Wildman–Crippen LogP) is 4.18. The molecular weight excluding hydrogens is 334 g/mol. The van der Waals surface area contributed by atoms with E-state index in [0.29, 0.717) is 34.9 Å². The Balaban J connectivity index is 2.29.